The smallest absolute Gasteiger partial charge is 0.410 e. The Morgan fingerprint density at radius 1 is 0.615 bits per heavy atom. The number of rotatable bonds is 6. The molecule has 1 aliphatic carbocycles. The molecule has 5 aromatic rings. The summed E-state index contributed by atoms with van der Waals surface area (Å²) in [6.45, 7) is 0. The van der Waals surface area contributed by atoms with Crippen molar-refractivity contribution in [2.45, 2.75) is 56.6 Å². The lowest BCUT2D eigenvalue weighted by molar-refractivity contribution is 0.0423. The van der Waals surface area contributed by atoms with Gasteiger partial charge in [0.25, 0.3) is 0 Å². The van der Waals surface area contributed by atoms with E-state index in [0.29, 0.717) is 5.92 Å². The van der Waals surface area contributed by atoms with Crippen LogP contribution in [0.2, 0.25) is 0 Å². The Morgan fingerprint density at radius 2 is 1.15 bits per heavy atom. The van der Waals surface area contributed by atoms with E-state index in [1.54, 1.807) is 0 Å². The van der Waals surface area contributed by atoms with Gasteiger partial charge in [-0.3, -0.25) is 0 Å². The number of fused-ring (bicyclic) bond motifs is 2. The standard InChI is InChI=1S/C36H36BNO/c1-3-15-29(16-4-1)35-36(39-37(38-35)32-21-5-2-6-22-32,25-30-19-11-17-27-13-7-9-23-33(27)30)26-31-20-12-18-28-14-8-10-24-34(28)31/h2,5-14,17-24,29,35,38H,1,3-4,15-16,25-26H2. The van der Waals surface area contributed by atoms with E-state index in [1.165, 1.54) is 70.2 Å². The molecule has 194 valence electrons. The van der Waals surface area contributed by atoms with Crippen LogP contribution in [-0.4, -0.2) is 18.7 Å². The van der Waals surface area contributed by atoms with Crippen LogP contribution < -0.4 is 10.7 Å². The van der Waals surface area contributed by atoms with Crippen LogP contribution in [0.4, 0.5) is 0 Å². The van der Waals surface area contributed by atoms with Crippen LogP contribution in [0.25, 0.3) is 21.5 Å². The molecule has 7 rings (SSSR count). The number of hydrogen-bond donors (Lipinski definition) is 1. The largest absolute Gasteiger partial charge is 0.416 e. The van der Waals surface area contributed by atoms with Gasteiger partial charge >= 0.3 is 7.05 Å². The summed E-state index contributed by atoms with van der Waals surface area (Å²) in [6, 6.07) is 42.2. The molecule has 0 radical (unpaired) electrons. The third-order valence-electron chi connectivity index (χ3n) is 9.21. The molecular formula is C36H36BNO. The number of nitrogens with one attached hydrogen (secondary N) is 1. The lowest BCUT2D eigenvalue weighted by Crippen LogP contribution is -2.52. The first-order valence-electron chi connectivity index (χ1n) is 14.7. The van der Waals surface area contributed by atoms with E-state index in [1.807, 2.05) is 0 Å². The predicted octanol–water partition coefficient (Wildman–Crippen LogP) is 7.48. The quantitative estimate of drug-likeness (QED) is 0.240. The van der Waals surface area contributed by atoms with E-state index in [-0.39, 0.29) is 18.7 Å². The van der Waals surface area contributed by atoms with Crippen molar-refractivity contribution in [3.63, 3.8) is 0 Å². The summed E-state index contributed by atoms with van der Waals surface area (Å²) in [5, 5.41) is 9.36. The van der Waals surface area contributed by atoms with E-state index in [0.717, 1.165) is 12.8 Å². The van der Waals surface area contributed by atoms with Gasteiger partial charge in [-0.05, 0) is 56.9 Å². The fourth-order valence-electron chi connectivity index (χ4n) is 7.39. The average molecular weight is 510 g/mol. The van der Waals surface area contributed by atoms with Gasteiger partial charge in [-0.2, -0.15) is 0 Å². The second-order valence-corrected chi connectivity index (χ2v) is 11.6. The molecule has 3 heteroatoms. The van der Waals surface area contributed by atoms with E-state index in [9.17, 15) is 0 Å². The zero-order chi connectivity index (χ0) is 26.1. The lowest BCUT2D eigenvalue weighted by atomic mass is 9.71. The molecule has 1 heterocycles. The first kappa shape index (κ1) is 24.6. The first-order valence-corrected chi connectivity index (χ1v) is 14.7. The minimum absolute atomic E-state index is 0.108. The SMILES string of the molecule is c1ccc(B2NC(C3CCCCC3)C(Cc3cccc4ccccc34)(Cc3cccc4ccccc34)O2)cc1. The number of benzene rings is 5. The zero-order valence-corrected chi connectivity index (χ0v) is 22.6. The summed E-state index contributed by atoms with van der Waals surface area (Å²) >= 11 is 0. The molecule has 39 heavy (non-hydrogen) atoms. The first-order chi connectivity index (χ1) is 19.3. The van der Waals surface area contributed by atoms with Crippen molar-refractivity contribution >= 4 is 34.1 Å². The van der Waals surface area contributed by atoms with Gasteiger partial charge < -0.3 is 9.88 Å². The van der Waals surface area contributed by atoms with Crippen molar-refractivity contribution in [3.8, 4) is 0 Å². The summed E-state index contributed by atoms with van der Waals surface area (Å²) in [5.41, 5.74) is 3.61. The van der Waals surface area contributed by atoms with Gasteiger partial charge in [0.1, 0.15) is 0 Å². The topological polar surface area (TPSA) is 21.3 Å². The summed E-state index contributed by atoms with van der Waals surface area (Å²) in [7, 11) is -0.108. The Balaban J connectivity index is 1.38. The van der Waals surface area contributed by atoms with Gasteiger partial charge in [0.2, 0.25) is 0 Å². The molecule has 1 unspecified atom stereocenters. The molecule has 1 atom stereocenters. The Kier molecular flexibility index (Phi) is 6.72. The molecule has 1 saturated heterocycles. The fourth-order valence-corrected chi connectivity index (χ4v) is 7.39. The predicted molar refractivity (Wildman–Crippen MR) is 164 cm³/mol. The summed E-state index contributed by atoms with van der Waals surface area (Å²) in [6.07, 6.45) is 8.30. The molecule has 1 aliphatic heterocycles. The fraction of sp³-hybridized carbons (Fsp3) is 0.278. The molecular weight excluding hydrogens is 473 g/mol. The van der Waals surface area contributed by atoms with Crippen LogP contribution in [0.15, 0.2) is 115 Å². The van der Waals surface area contributed by atoms with Crippen LogP contribution in [0, 0.1) is 5.92 Å². The van der Waals surface area contributed by atoms with Gasteiger partial charge in [-0.1, -0.05) is 135 Å². The second kappa shape index (κ2) is 10.6. The summed E-state index contributed by atoms with van der Waals surface area (Å²) < 4.78 is 7.40. The van der Waals surface area contributed by atoms with Crippen LogP contribution >= 0.6 is 0 Å². The molecule has 0 bridgehead atoms. The number of hydrogen-bond acceptors (Lipinski definition) is 2. The highest BCUT2D eigenvalue weighted by Gasteiger charge is 2.53. The Labute approximate surface area is 232 Å². The highest BCUT2D eigenvalue weighted by Crippen LogP contribution is 2.42. The van der Waals surface area contributed by atoms with Gasteiger partial charge in [0, 0.05) is 18.9 Å². The maximum absolute atomic E-state index is 7.40. The van der Waals surface area contributed by atoms with E-state index >= 15 is 0 Å². The Morgan fingerprint density at radius 3 is 1.77 bits per heavy atom. The second-order valence-electron chi connectivity index (χ2n) is 11.6. The normalized spacial score (nSPS) is 19.6. The molecule has 2 aliphatic rings. The maximum Gasteiger partial charge on any atom is 0.416 e. The van der Waals surface area contributed by atoms with Crippen LogP contribution in [0.1, 0.15) is 43.2 Å². The monoisotopic (exact) mass is 509 g/mol. The lowest BCUT2D eigenvalue weighted by Gasteiger charge is -2.41. The molecule has 0 aromatic heterocycles. The van der Waals surface area contributed by atoms with E-state index in [4.69, 9.17) is 4.65 Å². The van der Waals surface area contributed by atoms with Crippen LogP contribution in [-0.2, 0) is 17.5 Å². The third kappa shape index (κ3) is 4.79. The van der Waals surface area contributed by atoms with Crippen molar-refractivity contribution < 1.29 is 4.65 Å². The van der Waals surface area contributed by atoms with Crippen molar-refractivity contribution in [2.75, 3.05) is 0 Å². The van der Waals surface area contributed by atoms with Crippen LogP contribution in [0.3, 0.4) is 0 Å². The summed E-state index contributed by atoms with van der Waals surface area (Å²) in [4.78, 5) is 0. The molecule has 1 saturated carbocycles. The third-order valence-corrected chi connectivity index (χ3v) is 9.21. The average Bonchev–Trinajstić information content (AvgIpc) is 3.37. The summed E-state index contributed by atoms with van der Waals surface area (Å²) in [5.74, 6) is 0.609. The Bertz CT molecular complexity index is 1480. The molecule has 0 spiro atoms. The maximum atomic E-state index is 7.40. The van der Waals surface area contributed by atoms with Crippen molar-refractivity contribution in [1.29, 1.82) is 0 Å². The molecule has 5 aromatic carbocycles. The molecule has 0 amide bonds. The Hall–Kier alpha value is -3.40. The molecule has 1 N–H and O–H groups in total. The van der Waals surface area contributed by atoms with Crippen molar-refractivity contribution in [3.05, 3.63) is 126 Å². The van der Waals surface area contributed by atoms with Gasteiger partial charge in [0.15, 0.2) is 0 Å². The van der Waals surface area contributed by atoms with Gasteiger partial charge in [-0.25, -0.2) is 0 Å². The zero-order valence-electron chi connectivity index (χ0n) is 22.6. The van der Waals surface area contributed by atoms with E-state index in [2.05, 4.69) is 120 Å². The minimum atomic E-state index is -0.364. The van der Waals surface area contributed by atoms with E-state index < -0.39 is 0 Å². The van der Waals surface area contributed by atoms with Crippen molar-refractivity contribution in [2.24, 2.45) is 5.92 Å². The van der Waals surface area contributed by atoms with Gasteiger partial charge in [-0.15, -0.1) is 0 Å². The molecule has 2 fully saturated rings. The van der Waals surface area contributed by atoms with Crippen LogP contribution in [0.5, 0.6) is 0 Å². The van der Waals surface area contributed by atoms with Gasteiger partial charge in [0.05, 0.1) is 5.60 Å². The minimum Gasteiger partial charge on any atom is -0.410 e. The highest BCUT2D eigenvalue weighted by atomic mass is 16.5. The van der Waals surface area contributed by atoms with Crippen molar-refractivity contribution in [1.82, 2.24) is 5.23 Å². The highest BCUT2D eigenvalue weighted by molar-refractivity contribution is 6.65. The molecule has 2 nitrogen and oxygen atoms in total.